The molecule has 0 radical (unpaired) electrons. The Morgan fingerprint density at radius 1 is 0.812 bits per heavy atom. The number of β-amino-alcohol motifs (C(OH)–C–C–N with tert-alkyl or cyclic N) is 1. The summed E-state index contributed by atoms with van der Waals surface area (Å²) in [6.45, 7) is 14.3. The molecule has 2 fully saturated rings. The molecule has 2 aliphatic rings. The number of nitrogens with zero attached hydrogens (tertiary/aromatic N) is 4. The molecule has 0 bridgehead atoms. The summed E-state index contributed by atoms with van der Waals surface area (Å²) in [5, 5.41) is 21.6. The normalized spacial score (nSPS) is 17.8. The molecule has 2 saturated heterocycles. The first-order valence-corrected chi connectivity index (χ1v) is 28.9. The maximum Gasteiger partial charge on any atom is 0.417 e. The SMILES string of the molecule is Cc1ncsc1-c1ccc(CNC(=O)[C@@H]2C[C@@H](O)CN2C(=O)[C@@H](NC(=O)CCOCCOCCOCCOCCNC(=O)c2ccc(F)c(-c3ccc(N4C[C@@H](C)N(C)[C@@H](C)C4)c(NC(=O)c4c[nH]c(=O)cc4C(F)(F)F)c3)c2)C(C)(C)C)cc1. The minimum absolute atomic E-state index is 0.00143. The summed E-state index contributed by atoms with van der Waals surface area (Å²) in [7, 11) is 1.98. The van der Waals surface area contributed by atoms with Gasteiger partial charge in [0.05, 0.1) is 97.5 Å². The van der Waals surface area contributed by atoms with E-state index in [9.17, 15) is 47.0 Å². The number of aryl methyl sites for hydroxylation is 1. The van der Waals surface area contributed by atoms with Gasteiger partial charge < -0.3 is 60.1 Å². The minimum Gasteiger partial charge on any atom is -0.391 e. The summed E-state index contributed by atoms with van der Waals surface area (Å²) in [5.41, 5.74) is 1.58. The maximum absolute atomic E-state index is 15.6. The first-order chi connectivity index (χ1) is 40.4. The number of anilines is 2. The number of carbonyl (C=O) groups is 5. The van der Waals surface area contributed by atoms with E-state index in [2.05, 4.69) is 36.1 Å². The Hall–Kier alpha value is -7.13. The number of hydrogen-bond acceptors (Lipinski definition) is 15. The Labute approximate surface area is 494 Å². The van der Waals surface area contributed by atoms with E-state index in [0.717, 1.165) is 27.8 Å². The number of halogens is 4. The molecule has 2 aliphatic heterocycles. The zero-order valence-corrected chi connectivity index (χ0v) is 49.6. The van der Waals surface area contributed by atoms with E-state index in [1.807, 2.05) is 77.8 Å². The van der Waals surface area contributed by atoms with E-state index >= 15 is 4.39 Å². The van der Waals surface area contributed by atoms with Crippen molar-refractivity contribution in [3.05, 3.63) is 123 Å². The Balaban J connectivity index is 0.779. The highest BCUT2D eigenvalue weighted by molar-refractivity contribution is 7.13. The molecule has 5 aromatic rings. The highest BCUT2D eigenvalue weighted by Gasteiger charge is 2.44. The molecule has 5 amide bonds. The predicted molar refractivity (Wildman–Crippen MR) is 313 cm³/mol. The van der Waals surface area contributed by atoms with Crippen LogP contribution in [-0.2, 0) is 46.1 Å². The van der Waals surface area contributed by atoms with Gasteiger partial charge in [0.15, 0.2) is 0 Å². The molecule has 460 valence electrons. The highest BCUT2D eigenvalue weighted by Crippen LogP contribution is 2.37. The number of aliphatic hydroxyl groups excluding tert-OH is 1. The van der Waals surface area contributed by atoms with Crippen LogP contribution in [0.5, 0.6) is 0 Å². The van der Waals surface area contributed by atoms with Crippen LogP contribution in [0.2, 0.25) is 0 Å². The van der Waals surface area contributed by atoms with Crippen molar-refractivity contribution in [2.75, 3.05) is 96.3 Å². The van der Waals surface area contributed by atoms with Crippen molar-refractivity contribution in [2.45, 2.75) is 97.4 Å². The molecule has 5 atom stereocenters. The number of aromatic nitrogens is 2. The number of aromatic amines is 1. The molecule has 4 heterocycles. The average Bonchev–Trinajstić information content (AvgIpc) is 4.33. The lowest BCUT2D eigenvalue weighted by Gasteiger charge is -2.44. The molecule has 85 heavy (non-hydrogen) atoms. The van der Waals surface area contributed by atoms with Crippen LogP contribution in [0.15, 0.2) is 83.2 Å². The number of pyridine rings is 1. The molecule has 6 N–H and O–H groups in total. The van der Waals surface area contributed by atoms with Crippen LogP contribution >= 0.6 is 11.3 Å². The number of rotatable bonds is 26. The van der Waals surface area contributed by atoms with E-state index in [4.69, 9.17) is 18.9 Å². The second-order valence-electron chi connectivity index (χ2n) is 22.2. The Bertz CT molecular complexity index is 3160. The Kier molecular flexibility index (Phi) is 22.9. The predicted octanol–water partition coefficient (Wildman–Crippen LogP) is 6.41. The second kappa shape index (κ2) is 29.8. The number of hydrogen-bond donors (Lipinski definition) is 6. The lowest BCUT2D eigenvalue weighted by Crippen LogP contribution is -2.57. The fourth-order valence-electron chi connectivity index (χ4n) is 9.93. The van der Waals surface area contributed by atoms with Gasteiger partial charge in [-0.05, 0) is 80.3 Å². The first kappa shape index (κ1) is 65.4. The number of alkyl halides is 3. The van der Waals surface area contributed by atoms with Crippen LogP contribution in [0.1, 0.15) is 85.0 Å². The third kappa shape index (κ3) is 18.0. The van der Waals surface area contributed by atoms with Gasteiger partial charge in [-0.1, -0.05) is 51.1 Å². The molecule has 2 aromatic heterocycles. The Morgan fingerprint density at radius 3 is 2.07 bits per heavy atom. The maximum atomic E-state index is 15.6. The Morgan fingerprint density at radius 2 is 1.45 bits per heavy atom. The number of likely N-dealkylation sites (N-methyl/N-ethyl adjacent to an activating group) is 1. The number of ether oxygens (including phenoxy) is 4. The second-order valence-corrected chi connectivity index (χ2v) is 23.0. The molecular weight excluding hydrogens is 1130 g/mol. The summed E-state index contributed by atoms with van der Waals surface area (Å²) in [6.07, 6.45) is -5.17. The van der Waals surface area contributed by atoms with Gasteiger partial charge in [0.25, 0.3) is 11.8 Å². The lowest BCUT2D eigenvalue weighted by atomic mass is 9.85. The van der Waals surface area contributed by atoms with Gasteiger partial charge >= 0.3 is 6.18 Å². The van der Waals surface area contributed by atoms with Crippen LogP contribution in [0, 0.1) is 18.2 Å². The standard InChI is InChI=1S/C60H75F4N9O11S/c1-36-32-72(33-37(2)71(36)7)49-15-13-41(27-48(49)69-56(78)45-31-66-52(76)29-46(45)60(62,63)64)44-26-42(12-14-47(44)61)55(77)65-17-19-82-21-23-84-25-24-83-22-20-81-18-16-51(75)70-54(59(4,5)6)58(80)73-34-43(74)28-50(73)57(79)67-30-39-8-10-40(11-9-39)53-38(3)68-35-85-53/h8-15,26-27,29,31,35-37,43,50,54,74H,16-25,28,30,32-34H2,1-7H3,(H,65,77)(H,66,76)(H,67,79)(H,69,78)(H,70,75)/t36-,37+,43-,50+,54-/m1/s1. The van der Waals surface area contributed by atoms with Crippen LogP contribution < -0.4 is 31.7 Å². The molecule has 0 saturated carbocycles. The lowest BCUT2D eigenvalue weighted by molar-refractivity contribution is -0.144. The first-order valence-electron chi connectivity index (χ1n) is 28.1. The molecular formula is C60H75F4N9O11S. The molecule has 0 unspecified atom stereocenters. The molecule has 25 heteroatoms. The van der Waals surface area contributed by atoms with E-state index in [1.165, 1.54) is 23.1 Å². The zero-order valence-electron chi connectivity index (χ0n) is 48.7. The number of thiazole rings is 1. The summed E-state index contributed by atoms with van der Waals surface area (Å²) in [4.78, 5) is 92.1. The quantitative estimate of drug-likeness (QED) is 0.0259. The number of H-pyrrole nitrogens is 1. The van der Waals surface area contributed by atoms with E-state index < -0.39 is 81.8 Å². The van der Waals surface area contributed by atoms with Gasteiger partial charge in [0.2, 0.25) is 23.3 Å². The van der Waals surface area contributed by atoms with Crippen molar-refractivity contribution in [2.24, 2.45) is 5.41 Å². The molecule has 20 nitrogen and oxygen atoms in total. The highest BCUT2D eigenvalue weighted by atomic mass is 32.1. The molecule has 7 rings (SSSR count). The third-order valence-corrected chi connectivity index (χ3v) is 15.8. The smallest absolute Gasteiger partial charge is 0.391 e. The van der Waals surface area contributed by atoms with Gasteiger partial charge in [0, 0.05) is 81.0 Å². The van der Waals surface area contributed by atoms with Gasteiger partial charge in [-0.15, -0.1) is 11.3 Å². The zero-order chi connectivity index (χ0) is 61.6. The minimum atomic E-state index is -5.01. The third-order valence-electron chi connectivity index (χ3n) is 14.8. The summed E-state index contributed by atoms with van der Waals surface area (Å²) in [6, 6.07) is 14.8. The largest absolute Gasteiger partial charge is 0.417 e. The molecule has 0 spiro atoms. The number of amides is 5. The summed E-state index contributed by atoms with van der Waals surface area (Å²) < 4.78 is 79.8. The summed E-state index contributed by atoms with van der Waals surface area (Å²) in [5.74, 6) is -3.63. The fraction of sp³-hybridized carbons (Fsp3) is 0.483. The van der Waals surface area contributed by atoms with Crippen LogP contribution in [0.25, 0.3) is 21.6 Å². The number of piperazine rings is 1. The van der Waals surface area contributed by atoms with Gasteiger partial charge in [0.1, 0.15) is 17.9 Å². The number of aliphatic hydroxyl groups is 1. The van der Waals surface area contributed by atoms with E-state index in [0.29, 0.717) is 31.0 Å². The number of carbonyl (C=O) groups excluding carboxylic acids is 5. The average molecular weight is 1210 g/mol. The van der Waals surface area contributed by atoms with Gasteiger partial charge in [-0.3, -0.25) is 33.7 Å². The number of benzene rings is 3. The van der Waals surface area contributed by atoms with Crippen molar-refractivity contribution >= 4 is 52.2 Å². The topological polar surface area (TPSA) is 246 Å². The van der Waals surface area contributed by atoms with Crippen molar-refractivity contribution in [3.63, 3.8) is 0 Å². The molecule has 3 aromatic carbocycles. The van der Waals surface area contributed by atoms with Crippen molar-refractivity contribution < 1.29 is 65.6 Å². The van der Waals surface area contributed by atoms with E-state index in [-0.39, 0.29) is 120 Å². The summed E-state index contributed by atoms with van der Waals surface area (Å²) >= 11 is 1.55. The van der Waals surface area contributed by atoms with Crippen LogP contribution in [-0.4, -0.2) is 171 Å². The van der Waals surface area contributed by atoms with Crippen LogP contribution in [0.3, 0.4) is 0 Å². The van der Waals surface area contributed by atoms with Crippen molar-refractivity contribution in [1.29, 1.82) is 0 Å². The monoisotopic (exact) mass is 1210 g/mol. The number of likely N-dealkylation sites (tertiary alicyclic amines) is 1. The van der Waals surface area contributed by atoms with Gasteiger partial charge in [-0.25, -0.2) is 9.37 Å². The van der Waals surface area contributed by atoms with Crippen molar-refractivity contribution in [3.8, 4) is 21.6 Å². The van der Waals surface area contributed by atoms with Crippen molar-refractivity contribution in [1.82, 2.24) is 35.7 Å². The van der Waals surface area contributed by atoms with Crippen LogP contribution in [0.4, 0.5) is 28.9 Å². The molecule has 0 aliphatic carbocycles. The van der Waals surface area contributed by atoms with E-state index in [1.54, 1.807) is 29.0 Å². The fourth-order valence-corrected chi connectivity index (χ4v) is 10.7. The number of nitrogens with one attached hydrogen (secondary N) is 5. The van der Waals surface area contributed by atoms with Gasteiger partial charge in [-0.2, -0.15) is 13.2 Å².